The molecule has 1 aromatic carbocycles. The molecule has 1 aromatic heterocycles. The van der Waals surface area contributed by atoms with Gasteiger partial charge < -0.3 is 20.4 Å². The molecule has 8 nitrogen and oxygen atoms in total. The Kier molecular flexibility index (Phi) is 6.22. The lowest BCUT2D eigenvalue weighted by Crippen LogP contribution is -2.62. The first-order valence-corrected chi connectivity index (χ1v) is 11.7. The van der Waals surface area contributed by atoms with E-state index in [2.05, 4.69) is 37.9 Å². The van der Waals surface area contributed by atoms with Gasteiger partial charge in [0.05, 0.1) is 25.0 Å². The summed E-state index contributed by atoms with van der Waals surface area (Å²) in [7, 11) is 0. The Morgan fingerprint density at radius 2 is 1.91 bits per heavy atom. The highest BCUT2D eigenvalue weighted by molar-refractivity contribution is 6.39. The van der Waals surface area contributed by atoms with E-state index in [-0.39, 0.29) is 18.0 Å². The molecule has 0 bridgehead atoms. The third-order valence-electron chi connectivity index (χ3n) is 6.82. The molecule has 9 heteroatoms. The van der Waals surface area contributed by atoms with Gasteiger partial charge in [-0.1, -0.05) is 48.3 Å². The van der Waals surface area contributed by atoms with Crippen LogP contribution >= 0.6 is 0 Å². The van der Waals surface area contributed by atoms with Gasteiger partial charge in [0.1, 0.15) is 5.71 Å². The second-order valence-electron chi connectivity index (χ2n) is 9.16. The molecule has 33 heavy (non-hydrogen) atoms. The molecule has 2 atom stereocenters. The van der Waals surface area contributed by atoms with E-state index in [9.17, 15) is 9.18 Å². The standard InChI is InChI=1S/C24H29FN6O2/c25-18-14-27-23(28-15-18)31-11-10-21(26-13-17-6-2-1-3-7-17)24(16-31)12-20(30-33-24)22(32)29-19-8-4-5-9-19/h1-3,6-7,14-15,19,21,26H,4-5,8-13,16H2,(H,29,32)/t21-,24+/m1/s1. The highest BCUT2D eigenvalue weighted by Gasteiger charge is 2.51. The maximum atomic E-state index is 13.3. The molecule has 5 rings (SSSR count). The fourth-order valence-corrected chi connectivity index (χ4v) is 5.05. The van der Waals surface area contributed by atoms with Crippen molar-refractivity contribution in [3.05, 3.63) is 54.1 Å². The molecule has 2 N–H and O–H groups in total. The number of carbonyl (C=O) groups excluding carboxylic acids is 1. The van der Waals surface area contributed by atoms with E-state index in [1.165, 1.54) is 18.0 Å². The predicted molar refractivity (Wildman–Crippen MR) is 122 cm³/mol. The van der Waals surface area contributed by atoms with E-state index in [0.29, 0.717) is 37.7 Å². The second kappa shape index (κ2) is 9.43. The molecule has 1 spiro atoms. The maximum absolute atomic E-state index is 13.3. The van der Waals surface area contributed by atoms with Crippen molar-refractivity contribution in [1.82, 2.24) is 20.6 Å². The van der Waals surface area contributed by atoms with Gasteiger partial charge in [-0.2, -0.15) is 0 Å². The molecule has 2 fully saturated rings. The van der Waals surface area contributed by atoms with Crippen LogP contribution in [0.4, 0.5) is 10.3 Å². The van der Waals surface area contributed by atoms with Crippen LogP contribution in [0.5, 0.6) is 0 Å². The molecule has 3 heterocycles. The van der Waals surface area contributed by atoms with Crippen LogP contribution in [0.3, 0.4) is 0 Å². The number of aromatic nitrogens is 2. The molecule has 1 saturated carbocycles. The van der Waals surface area contributed by atoms with Gasteiger partial charge >= 0.3 is 0 Å². The van der Waals surface area contributed by atoms with Crippen LogP contribution in [0.25, 0.3) is 0 Å². The molecule has 0 radical (unpaired) electrons. The third kappa shape index (κ3) is 4.83. The summed E-state index contributed by atoms with van der Waals surface area (Å²) in [6.45, 7) is 1.83. The van der Waals surface area contributed by atoms with Crippen LogP contribution in [0.2, 0.25) is 0 Å². The minimum Gasteiger partial charge on any atom is -0.385 e. The van der Waals surface area contributed by atoms with Gasteiger partial charge in [0.15, 0.2) is 11.4 Å². The topological polar surface area (TPSA) is 91.7 Å². The zero-order valence-electron chi connectivity index (χ0n) is 18.5. The van der Waals surface area contributed by atoms with Gasteiger partial charge in [0.25, 0.3) is 5.91 Å². The fraction of sp³-hybridized carbons (Fsp3) is 0.500. The van der Waals surface area contributed by atoms with Gasteiger partial charge in [-0.25, -0.2) is 14.4 Å². The van der Waals surface area contributed by atoms with Gasteiger partial charge in [-0.3, -0.25) is 4.79 Å². The number of nitrogens with one attached hydrogen (secondary N) is 2. The summed E-state index contributed by atoms with van der Waals surface area (Å²) in [6, 6.07) is 10.4. The Hall–Kier alpha value is -3.07. The van der Waals surface area contributed by atoms with Crippen LogP contribution in [-0.2, 0) is 16.2 Å². The highest BCUT2D eigenvalue weighted by Crippen LogP contribution is 2.35. The van der Waals surface area contributed by atoms with E-state index >= 15 is 0 Å². The number of piperidine rings is 1. The number of nitrogens with zero attached hydrogens (tertiary/aromatic N) is 4. The number of halogens is 1. The quantitative estimate of drug-likeness (QED) is 0.700. The lowest BCUT2D eigenvalue weighted by atomic mass is 9.83. The minimum atomic E-state index is -0.729. The van der Waals surface area contributed by atoms with E-state index in [1.54, 1.807) is 0 Å². The molecule has 2 aliphatic heterocycles. The van der Waals surface area contributed by atoms with Crippen molar-refractivity contribution in [2.45, 2.75) is 62.8 Å². The number of hydrogen-bond acceptors (Lipinski definition) is 7. The van der Waals surface area contributed by atoms with Crippen LogP contribution < -0.4 is 15.5 Å². The number of carbonyl (C=O) groups is 1. The average molecular weight is 453 g/mol. The van der Waals surface area contributed by atoms with Crippen molar-refractivity contribution >= 4 is 17.6 Å². The Balaban J connectivity index is 1.32. The number of amides is 1. The molecule has 1 saturated heterocycles. The zero-order chi connectivity index (χ0) is 22.7. The summed E-state index contributed by atoms with van der Waals surface area (Å²) < 4.78 is 13.3. The number of oxime groups is 1. The van der Waals surface area contributed by atoms with Crippen molar-refractivity contribution in [1.29, 1.82) is 0 Å². The SMILES string of the molecule is O=C(NC1CCCC1)C1=NO[C@@]2(C1)CN(c1ncc(F)cn1)CC[C@H]2NCc1ccccc1. The van der Waals surface area contributed by atoms with E-state index in [4.69, 9.17) is 4.84 Å². The minimum absolute atomic E-state index is 0.0186. The van der Waals surface area contributed by atoms with Gasteiger partial charge in [0.2, 0.25) is 5.95 Å². The number of anilines is 1. The Morgan fingerprint density at radius 1 is 1.15 bits per heavy atom. The van der Waals surface area contributed by atoms with Crippen LogP contribution in [0.15, 0.2) is 47.9 Å². The summed E-state index contributed by atoms with van der Waals surface area (Å²) in [5, 5.41) is 11.0. The molecule has 1 amide bonds. The zero-order valence-corrected chi connectivity index (χ0v) is 18.5. The van der Waals surface area contributed by atoms with Crippen molar-refractivity contribution in [2.75, 3.05) is 18.0 Å². The van der Waals surface area contributed by atoms with Crippen LogP contribution in [-0.4, -0.2) is 52.4 Å². The first kappa shape index (κ1) is 21.8. The summed E-state index contributed by atoms with van der Waals surface area (Å²) in [6.07, 6.45) is 7.81. The van der Waals surface area contributed by atoms with Gasteiger partial charge in [-0.15, -0.1) is 0 Å². The average Bonchev–Trinajstić information content (AvgIpc) is 3.50. The molecular weight excluding hydrogens is 423 g/mol. The van der Waals surface area contributed by atoms with E-state index in [0.717, 1.165) is 32.1 Å². The molecule has 2 aromatic rings. The number of rotatable bonds is 6. The Bertz CT molecular complexity index is 996. The largest absolute Gasteiger partial charge is 0.385 e. The third-order valence-corrected chi connectivity index (χ3v) is 6.82. The Labute approximate surface area is 192 Å². The van der Waals surface area contributed by atoms with E-state index in [1.807, 2.05) is 23.1 Å². The highest BCUT2D eigenvalue weighted by atomic mass is 19.1. The fourth-order valence-electron chi connectivity index (χ4n) is 5.05. The van der Waals surface area contributed by atoms with Crippen LogP contribution in [0, 0.1) is 5.82 Å². The molecule has 0 unspecified atom stereocenters. The molecule has 1 aliphatic carbocycles. The smallest absolute Gasteiger partial charge is 0.269 e. The Morgan fingerprint density at radius 3 is 2.67 bits per heavy atom. The monoisotopic (exact) mass is 452 g/mol. The molecule has 174 valence electrons. The maximum Gasteiger partial charge on any atom is 0.269 e. The first-order valence-electron chi connectivity index (χ1n) is 11.7. The molecule has 3 aliphatic rings. The van der Waals surface area contributed by atoms with Crippen molar-refractivity contribution in [3.8, 4) is 0 Å². The molecular formula is C24H29FN6O2. The number of hydrogen-bond donors (Lipinski definition) is 2. The van der Waals surface area contributed by atoms with Gasteiger partial charge in [-0.05, 0) is 24.8 Å². The summed E-state index contributed by atoms with van der Waals surface area (Å²) >= 11 is 0. The van der Waals surface area contributed by atoms with Crippen LogP contribution in [0.1, 0.15) is 44.1 Å². The second-order valence-corrected chi connectivity index (χ2v) is 9.16. The number of benzene rings is 1. The lowest BCUT2D eigenvalue weighted by Gasteiger charge is -2.44. The first-order chi connectivity index (χ1) is 16.1. The van der Waals surface area contributed by atoms with E-state index < -0.39 is 11.4 Å². The summed E-state index contributed by atoms with van der Waals surface area (Å²) in [5.41, 5.74) is 0.873. The van der Waals surface area contributed by atoms with Gasteiger partial charge in [0, 0.05) is 25.6 Å². The summed E-state index contributed by atoms with van der Waals surface area (Å²) in [5.74, 6) is -0.167. The van der Waals surface area contributed by atoms with Crippen molar-refractivity contribution in [2.24, 2.45) is 5.16 Å². The van der Waals surface area contributed by atoms with Crippen molar-refractivity contribution in [3.63, 3.8) is 0 Å². The lowest BCUT2D eigenvalue weighted by molar-refractivity contribution is -0.115. The summed E-state index contributed by atoms with van der Waals surface area (Å²) in [4.78, 5) is 29.2. The predicted octanol–water partition coefficient (Wildman–Crippen LogP) is 2.56. The van der Waals surface area contributed by atoms with Crippen molar-refractivity contribution < 1.29 is 14.0 Å². The normalized spacial score (nSPS) is 25.2.